The predicted octanol–water partition coefficient (Wildman–Crippen LogP) is 2.96. The Bertz CT molecular complexity index is 615. The number of H-pyrrole nitrogens is 1. The quantitative estimate of drug-likeness (QED) is 0.885. The molecule has 0 radical (unpaired) electrons. The third kappa shape index (κ3) is 2.57. The van der Waals surface area contributed by atoms with Crippen LogP contribution in [0.1, 0.15) is 0 Å². The van der Waals surface area contributed by atoms with Crippen LogP contribution in [0.5, 0.6) is 0 Å². The molecule has 2 aromatic rings. The summed E-state index contributed by atoms with van der Waals surface area (Å²) in [5.41, 5.74) is -0.413. The fourth-order valence-electron chi connectivity index (χ4n) is 1.19. The number of anilines is 2. The lowest BCUT2D eigenvalue weighted by Gasteiger charge is -2.07. The van der Waals surface area contributed by atoms with Crippen LogP contribution in [0.25, 0.3) is 0 Å². The fraction of sp³-hybridized carbons (Fsp3) is 0. The molecular formula is C10H6Cl2FN3O. The molecule has 0 amide bonds. The zero-order valence-electron chi connectivity index (χ0n) is 8.30. The summed E-state index contributed by atoms with van der Waals surface area (Å²) in [4.78, 5) is 17.3. The summed E-state index contributed by atoms with van der Waals surface area (Å²) in [7, 11) is 0. The third-order valence-corrected chi connectivity index (χ3v) is 2.56. The van der Waals surface area contributed by atoms with E-state index in [0.29, 0.717) is 5.02 Å². The van der Waals surface area contributed by atoms with Crippen molar-refractivity contribution in [2.75, 3.05) is 5.32 Å². The molecule has 0 unspecified atom stereocenters. The number of benzene rings is 1. The van der Waals surface area contributed by atoms with Gasteiger partial charge in [-0.15, -0.1) is 0 Å². The van der Waals surface area contributed by atoms with Gasteiger partial charge in [0.2, 0.25) is 0 Å². The van der Waals surface area contributed by atoms with Gasteiger partial charge < -0.3 is 10.3 Å². The Morgan fingerprint density at radius 3 is 2.88 bits per heavy atom. The van der Waals surface area contributed by atoms with E-state index in [1.165, 1.54) is 24.5 Å². The summed E-state index contributed by atoms with van der Waals surface area (Å²) in [5, 5.41) is 2.81. The maximum absolute atomic E-state index is 13.4. The number of hydrogen-bond acceptors (Lipinski definition) is 3. The van der Waals surface area contributed by atoms with Crippen molar-refractivity contribution in [2.45, 2.75) is 0 Å². The number of rotatable bonds is 2. The summed E-state index contributed by atoms with van der Waals surface area (Å²) in [5.74, 6) is -0.455. The van der Waals surface area contributed by atoms with Crippen molar-refractivity contribution in [2.24, 2.45) is 0 Å². The second kappa shape index (κ2) is 4.73. The Hall–Kier alpha value is -1.59. The highest BCUT2D eigenvalue weighted by Crippen LogP contribution is 2.24. The predicted molar refractivity (Wildman–Crippen MR) is 64.6 cm³/mol. The van der Waals surface area contributed by atoms with Gasteiger partial charge in [-0.1, -0.05) is 23.2 Å². The summed E-state index contributed by atoms with van der Waals surface area (Å²) < 4.78 is 13.4. The van der Waals surface area contributed by atoms with Crippen molar-refractivity contribution in [3.63, 3.8) is 0 Å². The van der Waals surface area contributed by atoms with E-state index in [1.807, 2.05) is 0 Å². The highest BCUT2D eigenvalue weighted by Gasteiger charge is 2.09. The monoisotopic (exact) mass is 273 g/mol. The molecule has 0 aliphatic heterocycles. The van der Waals surface area contributed by atoms with E-state index < -0.39 is 11.4 Å². The first-order chi connectivity index (χ1) is 8.08. The van der Waals surface area contributed by atoms with Crippen LogP contribution in [-0.2, 0) is 0 Å². The van der Waals surface area contributed by atoms with Gasteiger partial charge in [-0.3, -0.25) is 4.79 Å². The summed E-state index contributed by atoms with van der Waals surface area (Å²) >= 11 is 11.4. The molecule has 1 aromatic heterocycles. The van der Waals surface area contributed by atoms with Crippen molar-refractivity contribution in [1.29, 1.82) is 0 Å². The van der Waals surface area contributed by atoms with Crippen LogP contribution in [-0.4, -0.2) is 9.97 Å². The van der Waals surface area contributed by atoms with Gasteiger partial charge in [0.05, 0.1) is 12.0 Å². The molecule has 0 spiro atoms. The van der Waals surface area contributed by atoms with Gasteiger partial charge in [-0.05, 0) is 18.2 Å². The van der Waals surface area contributed by atoms with Crippen molar-refractivity contribution in [1.82, 2.24) is 9.97 Å². The zero-order chi connectivity index (χ0) is 12.4. The molecule has 0 fully saturated rings. The minimum Gasteiger partial charge on any atom is -0.336 e. The number of hydrogen-bond donors (Lipinski definition) is 2. The molecule has 0 atom stereocenters. The molecule has 2 rings (SSSR count). The maximum atomic E-state index is 13.4. The van der Waals surface area contributed by atoms with Gasteiger partial charge in [-0.25, -0.2) is 9.37 Å². The number of aromatic nitrogens is 2. The smallest absolute Gasteiger partial charge is 0.271 e. The van der Waals surface area contributed by atoms with E-state index in [1.54, 1.807) is 0 Å². The molecule has 0 aliphatic carbocycles. The Morgan fingerprint density at radius 2 is 2.12 bits per heavy atom. The van der Waals surface area contributed by atoms with Crippen molar-refractivity contribution >= 4 is 34.7 Å². The second-order valence-electron chi connectivity index (χ2n) is 3.14. The van der Waals surface area contributed by atoms with Gasteiger partial charge in [0.25, 0.3) is 5.56 Å². The molecule has 2 N–H and O–H groups in total. The van der Waals surface area contributed by atoms with Crippen LogP contribution < -0.4 is 10.9 Å². The molecule has 0 saturated carbocycles. The van der Waals surface area contributed by atoms with E-state index in [2.05, 4.69) is 15.3 Å². The number of nitrogens with one attached hydrogen (secondary N) is 2. The molecule has 7 heteroatoms. The topological polar surface area (TPSA) is 57.8 Å². The lowest BCUT2D eigenvalue weighted by molar-refractivity contribution is 0.632. The standard InChI is InChI=1S/C10H6Cl2FN3O/c11-5-1-2-6(13)7(3-5)16-9-8(12)10(17)15-4-14-9/h1-4H,(H2,14,15,16,17). The molecule has 1 heterocycles. The highest BCUT2D eigenvalue weighted by molar-refractivity contribution is 6.33. The maximum Gasteiger partial charge on any atom is 0.271 e. The van der Waals surface area contributed by atoms with Crippen LogP contribution in [0.2, 0.25) is 10.0 Å². The Balaban J connectivity index is 2.41. The van der Waals surface area contributed by atoms with E-state index in [4.69, 9.17) is 23.2 Å². The van der Waals surface area contributed by atoms with E-state index in [9.17, 15) is 9.18 Å². The normalized spacial score (nSPS) is 10.3. The average molecular weight is 274 g/mol. The fourth-order valence-corrected chi connectivity index (χ4v) is 1.51. The van der Waals surface area contributed by atoms with Gasteiger partial charge in [-0.2, -0.15) is 0 Å². The van der Waals surface area contributed by atoms with E-state index in [0.717, 1.165) is 0 Å². The minimum atomic E-state index is -0.521. The molecule has 0 aliphatic rings. The molecule has 0 bridgehead atoms. The van der Waals surface area contributed by atoms with Crippen LogP contribution in [0.3, 0.4) is 0 Å². The van der Waals surface area contributed by atoms with Crippen molar-refractivity contribution < 1.29 is 4.39 Å². The number of halogens is 3. The van der Waals surface area contributed by atoms with Gasteiger partial charge in [0, 0.05) is 5.02 Å². The molecular weight excluding hydrogens is 268 g/mol. The summed E-state index contributed by atoms with van der Waals surface area (Å²) in [6.07, 6.45) is 1.17. The van der Waals surface area contributed by atoms with Crippen molar-refractivity contribution in [3.05, 3.63) is 50.7 Å². The zero-order valence-corrected chi connectivity index (χ0v) is 9.81. The van der Waals surface area contributed by atoms with E-state index >= 15 is 0 Å². The molecule has 4 nitrogen and oxygen atoms in total. The Kier molecular flexibility index (Phi) is 3.31. The Labute approximate surface area is 105 Å². The number of aromatic amines is 1. The van der Waals surface area contributed by atoms with Crippen molar-refractivity contribution in [3.8, 4) is 0 Å². The number of nitrogens with zero attached hydrogens (tertiary/aromatic N) is 1. The largest absolute Gasteiger partial charge is 0.336 e. The van der Waals surface area contributed by atoms with Gasteiger partial charge in [0.15, 0.2) is 5.82 Å². The van der Waals surface area contributed by atoms with E-state index in [-0.39, 0.29) is 16.5 Å². The average Bonchev–Trinajstić information content (AvgIpc) is 2.30. The lowest BCUT2D eigenvalue weighted by Crippen LogP contribution is -2.10. The first-order valence-electron chi connectivity index (χ1n) is 4.53. The Morgan fingerprint density at radius 1 is 1.35 bits per heavy atom. The van der Waals surface area contributed by atoms with Crippen LogP contribution >= 0.6 is 23.2 Å². The molecule has 17 heavy (non-hydrogen) atoms. The minimum absolute atomic E-state index is 0.0663. The first kappa shape index (κ1) is 11.9. The van der Waals surface area contributed by atoms with Crippen LogP contribution in [0.4, 0.5) is 15.9 Å². The molecule has 1 aromatic carbocycles. The second-order valence-corrected chi connectivity index (χ2v) is 3.96. The lowest BCUT2D eigenvalue weighted by atomic mass is 10.3. The molecule has 88 valence electrons. The SMILES string of the molecule is O=c1[nH]cnc(Nc2cc(Cl)ccc2F)c1Cl. The van der Waals surface area contributed by atoms with Gasteiger partial charge >= 0.3 is 0 Å². The summed E-state index contributed by atoms with van der Waals surface area (Å²) in [6.45, 7) is 0. The first-order valence-corrected chi connectivity index (χ1v) is 5.29. The van der Waals surface area contributed by atoms with Crippen LogP contribution in [0.15, 0.2) is 29.3 Å². The summed E-state index contributed by atoms with van der Waals surface area (Å²) in [6, 6.07) is 3.98. The highest BCUT2D eigenvalue weighted by atomic mass is 35.5. The van der Waals surface area contributed by atoms with Crippen LogP contribution in [0, 0.1) is 5.82 Å². The van der Waals surface area contributed by atoms with Gasteiger partial charge in [0.1, 0.15) is 10.8 Å². The third-order valence-electron chi connectivity index (χ3n) is 1.98. The molecule has 0 saturated heterocycles.